The van der Waals surface area contributed by atoms with Crippen LogP contribution in [0.5, 0.6) is 0 Å². The molecule has 1 aliphatic heterocycles. The number of rotatable bonds is 5. The van der Waals surface area contributed by atoms with Gasteiger partial charge in [-0.25, -0.2) is 15.0 Å². The van der Waals surface area contributed by atoms with Crippen molar-refractivity contribution in [1.29, 1.82) is 0 Å². The van der Waals surface area contributed by atoms with E-state index in [0.717, 1.165) is 61.8 Å². The van der Waals surface area contributed by atoms with Crippen LogP contribution in [0.2, 0.25) is 0 Å². The first kappa shape index (κ1) is 17.6. The number of aryl methyl sites for hydroxylation is 2. The lowest BCUT2D eigenvalue weighted by Gasteiger charge is -2.33. The SMILES string of the molecule is CCc1cc(N2CCC(Cc3nccn3C)CC2)nc(-c2ccccn2)n1. The zero-order chi connectivity index (χ0) is 18.6. The maximum atomic E-state index is 4.83. The molecular weight excluding hydrogens is 336 g/mol. The third-order valence-electron chi connectivity index (χ3n) is 5.35. The Morgan fingerprint density at radius 1 is 1.07 bits per heavy atom. The van der Waals surface area contributed by atoms with Crippen LogP contribution in [0, 0.1) is 5.92 Å². The van der Waals surface area contributed by atoms with E-state index in [1.807, 2.05) is 30.6 Å². The molecule has 0 aromatic carbocycles. The van der Waals surface area contributed by atoms with Crippen LogP contribution in [0.1, 0.15) is 31.3 Å². The molecule has 0 unspecified atom stereocenters. The van der Waals surface area contributed by atoms with E-state index in [1.165, 1.54) is 5.82 Å². The van der Waals surface area contributed by atoms with Crippen LogP contribution < -0.4 is 4.90 Å². The molecule has 4 heterocycles. The van der Waals surface area contributed by atoms with Crippen LogP contribution in [-0.2, 0) is 19.9 Å². The van der Waals surface area contributed by atoms with Crippen molar-refractivity contribution in [2.75, 3.05) is 18.0 Å². The fourth-order valence-electron chi connectivity index (χ4n) is 3.65. The molecule has 0 atom stereocenters. The topological polar surface area (TPSA) is 59.7 Å². The van der Waals surface area contributed by atoms with Gasteiger partial charge in [0.15, 0.2) is 5.82 Å². The van der Waals surface area contributed by atoms with Crippen molar-refractivity contribution in [1.82, 2.24) is 24.5 Å². The predicted molar refractivity (Wildman–Crippen MR) is 106 cm³/mol. The van der Waals surface area contributed by atoms with E-state index in [4.69, 9.17) is 4.98 Å². The van der Waals surface area contributed by atoms with Gasteiger partial charge in [-0.2, -0.15) is 0 Å². The number of hydrogen-bond donors (Lipinski definition) is 0. The van der Waals surface area contributed by atoms with Gasteiger partial charge in [0, 0.05) is 56.9 Å². The third-order valence-corrected chi connectivity index (χ3v) is 5.35. The fraction of sp³-hybridized carbons (Fsp3) is 0.429. The van der Waals surface area contributed by atoms with Gasteiger partial charge in [0.2, 0.25) is 0 Å². The summed E-state index contributed by atoms with van der Waals surface area (Å²) in [5, 5.41) is 0. The van der Waals surface area contributed by atoms with Gasteiger partial charge in [-0.05, 0) is 37.3 Å². The van der Waals surface area contributed by atoms with Crippen molar-refractivity contribution in [3.05, 3.63) is 54.4 Å². The van der Waals surface area contributed by atoms with Gasteiger partial charge in [-0.15, -0.1) is 0 Å². The fourth-order valence-corrected chi connectivity index (χ4v) is 3.65. The second kappa shape index (κ2) is 7.86. The standard InChI is InChI=1S/C21H26N6/c1-3-17-15-20(25-21(24-17)18-6-4-5-9-22-18)27-11-7-16(8-12-27)14-19-23-10-13-26(19)2/h4-6,9-10,13,15-16H,3,7-8,11-12,14H2,1-2H3. The summed E-state index contributed by atoms with van der Waals surface area (Å²) in [5.41, 5.74) is 1.90. The molecule has 3 aromatic heterocycles. The van der Waals surface area contributed by atoms with Gasteiger partial charge < -0.3 is 9.47 Å². The molecule has 140 valence electrons. The lowest BCUT2D eigenvalue weighted by Crippen LogP contribution is -2.35. The molecule has 4 rings (SSSR count). The van der Waals surface area contributed by atoms with Crippen LogP contribution in [-0.4, -0.2) is 37.6 Å². The average Bonchev–Trinajstić information content (AvgIpc) is 3.13. The Kier molecular flexibility index (Phi) is 5.14. The van der Waals surface area contributed by atoms with Gasteiger partial charge in [-0.1, -0.05) is 13.0 Å². The zero-order valence-electron chi connectivity index (χ0n) is 16.0. The van der Waals surface area contributed by atoms with Crippen molar-refractivity contribution in [3.63, 3.8) is 0 Å². The number of hydrogen-bond acceptors (Lipinski definition) is 5. The van der Waals surface area contributed by atoms with Crippen LogP contribution in [0.3, 0.4) is 0 Å². The number of piperidine rings is 1. The largest absolute Gasteiger partial charge is 0.356 e. The highest BCUT2D eigenvalue weighted by Gasteiger charge is 2.22. The van der Waals surface area contributed by atoms with E-state index >= 15 is 0 Å². The van der Waals surface area contributed by atoms with E-state index in [-0.39, 0.29) is 0 Å². The second-order valence-corrected chi connectivity index (χ2v) is 7.20. The van der Waals surface area contributed by atoms with Gasteiger partial charge >= 0.3 is 0 Å². The molecule has 6 nitrogen and oxygen atoms in total. The molecule has 0 saturated carbocycles. The summed E-state index contributed by atoms with van der Waals surface area (Å²) in [6.07, 6.45) is 9.98. The molecule has 1 saturated heterocycles. The Hall–Kier alpha value is -2.76. The van der Waals surface area contributed by atoms with Gasteiger partial charge in [0.25, 0.3) is 0 Å². The maximum absolute atomic E-state index is 4.83. The van der Waals surface area contributed by atoms with Crippen LogP contribution in [0.15, 0.2) is 42.9 Å². The van der Waals surface area contributed by atoms with E-state index in [2.05, 4.69) is 44.5 Å². The lowest BCUT2D eigenvalue weighted by molar-refractivity contribution is 0.392. The Bertz CT molecular complexity index is 881. The van der Waals surface area contributed by atoms with E-state index in [0.29, 0.717) is 5.92 Å². The number of anilines is 1. The summed E-state index contributed by atoms with van der Waals surface area (Å²) >= 11 is 0. The third kappa shape index (κ3) is 3.99. The highest BCUT2D eigenvalue weighted by atomic mass is 15.2. The summed E-state index contributed by atoms with van der Waals surface area (Å²) < 4.78 is 2.13. The molecule has 27 heavy (non-hydrogen) atoms. The summed E-state index contributed by atoms with van der Waals surface area (Å²) in [4.78, 5) is 20.8. The molecule has 6 heteroatoms. The Morgan fingerprint density at radius 2 is 1.93 bits per heavy atom. The minimum Gasteiger partial charge on any atom is -0.356 e. The first-order valence-corrected chi connectivity index (χ1v) is 9.73. The number of aromatic nitrogens is 5. The van der Waals surface area contributed by atoms with Crippen molar-refractivity contribution in [2.24, 2.45) is 13.0 Å². The first-order chi connectivity index (χ1) is 13.2. The second-order valence-electron chi connectivity index (χ2n) is 7.20. The van der Waals surface area contributed by atoms with Crippen molar-refractivity contribution < 1.29 is 0 Å². The molecule has 1 aliphatic rings. The number of pyridine rings is 1. The Morgan fingerprint density at radius 3 is 2.59 bits per heavy atom. The number of imidazole rings is 1. The monoisotopic (exact) mass is 362 g/mol. The molecule has 0 aliphatic carbocycles. The molecule has 0 amide bonds. The summed E-state index contributed by atoms with van der Waals surface area (Å²) in [7, 11) is 2.07. The minimum atomic E-state index is 0.685. The van der Waals surface area contributed by atoms with Crippen molar-refractivity contribution in [2.45, 2.75) is 32.6 Å². The number of nitrogens with zero attached hydrogens (tertiary/aromatic N) is 6. The van der Waals surface area contributed by atoms with Crippen LogP contribution in [0.25, 0.3) is 11.5 Å². The van der Waals surface area contributed by atoms with E-state index in [1.54, 1.807) is 6.20 Å². The van der Waals surface area contributed by atoms with Gasteiger partial charge in [0.05, 0.1) is 0 Å². The molecule has 0 radical (unpaired) electrons. The van der Waals surface area contributed by atoms with Gasteiger partial charge in [0.1, 0.15) is 17.3 Å². The Balaban J connectivity index is 1.48. The van der Waals surface area contributed by atoms with Crippen LogP contribution >= 0.6 is 0 Å². The molecule has 0 N–H and O–H groups in total. The van der Waals surface area contributed by atoms with Crippen molar-refractivity contribution >= 4 is 5.82 Å². The maximum Gasteiger partial charge on any atom is 0.180 e. The highest BCUT2D eigenvalue weighted by Crippen LogP contribution is 2.26. The van der Waals surface area contributed by atoms with Crippen molar-refractivity contribution in [3.8, 4) is 11.5 Å². The summed E-state index contributed by atoms with van der Waals surface area (Å²) in [5.74, 6) is 3.62. The normalized spacial score (nSPS) is 15.3. The smallest absolute Gasteiger partial charge is 0.180 e. The predicted octanol–water partition coefficient (Wildman–Crippen LogP) is 3.29. The quantitative estimate of drug-likeness (QED) is 0.697. The molecule has 1 fully saturated rings. The lowest BCUT2D eigenvalue weighted by atomic mass is 9.93. The van der Waals surface area contributed by atoms with E-state index in [9.17, 15) is 0 Å². The minimum absolute atomic E-state index is 0.685. The highest BCUT2D eigenvalue weighted by molar-refractivity contribution is 5.53. The molecule has 0 bridgehead atoms. The average molecular weight is 362 g/mol. The molecule has 3 aromatic rings. The zero-order valence-corrected chi connectivity index (χ0v) is 16.0. The molecular formula is C21H26N6. The molecule has 0 spiro atoms. The van der Waals surface area contributed by atoms with Crippen LogP contribution in [0.4, 0.5) is 5.82 Å². The van der Waals surface area contributed by atoms with Gasteiger partial charge in [-0.3, -0.25) is 4.98 Å². The van der Waals surface area contributed by atoms with E-state index < -0.39 is 0 Å². The first-order valence-electron chi connectivity index (χ1n) is 9.73. The Labute approximate surface area is 160 Å². The summed E-state index contributed by atoms with van der Waals surface area (Å²) in [6.45, 7) is 4.18. The summed E-state index contributed by atoms with van der Waals surface area (Å²) in [6, 6.07) is 8.00.